The SMILES string of the molecule is COc1cccc(-c2cc(C(=O)Nc3ccc(C)c(C)c3)c3c(C)nn(C4CCS(=O)(=O)C4)c3n2)c1. The summed E-state index contributed by atoms with van der Waals surface area (Å²) in [5, 5.41) is 8.30. The van der Waals surface area contributed by atoms with Crippen molar-refractivity contribution in [3.05, 3.63) is 70.9 Å². The molecular weight excluding hydrogens is 476 g/mol. The van der Waals surface area contributed by atoms with Crippen LogP contribution in [0, 0.1) is 20.8 Å². The number of nitrogens with one attached hydrogen (secondary N) is 1. The Labute approximate surface area is 210 Å². The second kappa shape index (κ2) is 9.05. The first-order chi connectivity index (χ1) is 17.1. The third-order valence-corrected chi connectivity index (χ3v) is 8.52. The zero-order valence-corrected chi connectivity index (χ0v) is 21.5. The molecule has 0 radical (unpaired) electrons. The molecule has 1 amide bonds. The van der Waals surface area contributed by atoms with E-state index in [1.165, 1.54) is 0 Å². The number of pyridine rings is 1. The van der Waals surface area contributed by atoms with E-state index in [4.69, 9.17) is 9.72 Å². The standard InChI is InChI=1S/C27H28N4O4S/c1-16-8-9-20(12-17(16)2)28-27(32)23-14-24(19-6-5-7-22(13-19)35-4)29-26-25(23)18(3)30-31(26)21-10-11-36(33,34)15-21/h5-9,12-14,21H,10-11,15H2,1-4H3,(H,28,32). The Hall–Kier alpha value is -3.72. The van der Waals surface area contributed by atoms with Gasteiger partial charge in [0, 0.05) is 11.3 Å². The molecule has 1 atom stereocenters. The molecule has 0 aliphatic carbocycles. The molecule has 1 saturated heterocycles. The Balaban J connectivity index is 1.68. The summed E-state index contributed by atoms with van der Waals surface area (Å²) in [6.07, 6.45) is 0.466. The van der Waals surface area contributed by atoms with Gasteiger partial charge in [-0.05, 0) is 68.7 Å². The third kappa shape index (κ3) is 4.46. The molecule has 2 aromatic carbocycles. The molecule has 0 spiro atoms. The smallest absolute Gasteiger partial charge is 0.256 e. The van der Waals surface area contributed by atoms with E-state index in [2.05, 4.69) is 10.4 Å². The predicted molar refractivity (Wildman–Crippen MR) is 140 cm³/mol. The van der Waals surface area contributed by atoms with Crippen LogP contribution in [0.15, 0.2) is 48.5 Å². The van der Waals surface area contributed by atoms with Crippen LogP contribution in [0.25, 0.3) is 22.3 Å². The van der Waals surface area contributed by atoms with Crippen molar-refractivity contribution in [1.29, 1.82) is 0 Å². The number of rotatable bonds is 5. The van der Waals surface area contributed by atoms with Crippen molar-refractivity contribution in [2.75, 3.05) is 23.9 Å². The van der Waals surface area contributed by atoms with Gasteiger partial charge in [-0.25, -0.2) is 18.1 Å². The summed E-state index contributed by atoms with van der Waals surface area (Å²) in [6, 6.07) is 14.7. The second-order valence-electron chi connectivity index (χ2n) is 9.33. The number of nitrogens with zero attached hydrogens (tertiary/aromatic N) is 3. The lowest BCUT2D eigenvalue weighted by atomic mass is 10.0. The highest BCUT2D eigenvalue weighted by atomic mass is 32.2. The molecule has 0 bridgehead atoms. The van der Waals surface area contributed by atoms with Crippen molar-refractivity contribution in [2.24, 2.45) is 0 Å². The Morgan fingerprint density at radius 3 is 2.58 bits per heavy atom. The van der Waals surface area contributed by atoms with Crippen LogP contribution >= 0.6 is 0 Å². The van der Waals surface area contributed by atoms with Crippen LogP contribution in [-0.2, 0) is 9.84 Å². The molecule has 8 nitrogen and oxygen atoms in total. The first kappa shape index (κ1) is 24.0. The minimum atomic E-state index is -3.13. The second-order valence-corrected chi connectivity index (χ2v) is 11.6. The highest BCUT2D eigenvalue weighted by Crippen LogP contribution is 2.33. The largest absolute Gasteiger partial charge is 0.497 e. The van der Waals surface area contributed by atoms with Crippen molar-refractivity contribution >= 4 is 32.5 Å². The molecule has 1 aliphatic rings. The van der Waals surface area contributed by atoms with Crippen LogP contribution in [0.2, 0.25) is 0 Å². The number of carbonyl (C=O) groups excluding carboxylic acids is 1. The highest BCUT2D eigenvalue weighted by molar-refractivity contribution is 7.91. The van der Waals surface area contributed by atoms with Gasteiger partial charge >= 0.3 is 0 Å². The van der Waals surface area contributed by atoms with Crippen molar-refractivity contribution in [3.8, 4) is 17.0 Å². The van der Waals surface area contributed by atoms with E-state index in [0.29, 0.717) is 45.8 Å². The minimum Gasteiger partial charge on any atom is -0.497 e. The maximum Gasteiger partial charge on any atom is 0.256 e. The van der Waals surface area contributed by atoms with E-state index in [1.54, 1.807) is 17.9 Å². The maximum absolute atomic E-state index is 13.6. The van der Waals surface area contributed by atoms with Gasteiger partial charge < -0.3 is 10.1 Å². The zero-order chi connectivity index (χ0) is 25.6. The number of hydrogen-bond donors (Lipinski definition) is 1. The average Bonchev–Trinajstić information content (AvgIpc) is 3.39. The quantitative estimate of drug-likeness (QED) is 0.425. The lowest BCUT2D eigenvalue weighted by Crippen LogP contribution is -2.15. The van der Waals surface area contributed by atoms with Gasteiger partial charge in [-0.3, -0.25) is 4.79 Å². The van der Waals surface area contributed by atoms with Crippen LogP contribution in [-0.4, -0.2) is 47.7 Å². The number of aromatic nitrogens is 3. The number of aryl methyl sites for hydroxylation is 3. The lowest BCUT2D eigenvalue weighted by molar-refractivity contribution is 0.102. The molecule has 1 aliphatic heterocycles. The molecule has 4 aromatic rings. The number of sulfone groups is 1. The number of methoxy groups -OCH3 is 1. The zero-order valence-electron chi connectivity index (χ0n) is 20.7. The fourth-order valence-corrected chi connectivity index (χ4v) is 6.35. The molecule has 1 fully saturated rings. The predicted octanol–water partition coefficient (Wildman–Crippen LogP) is 4.64. The van der Waals surface area contributed by atoms with Crippen LogP contribution in [0.3, 0.4) is 0 Å². The van der Waals surface area contributed by atoms with Gasteiger partial charge in [0.1, 0.15) is 5.75 Å². The monoisotopic (exact) mass is 504 g/mol. The van der Waals surface area contributed by atoms with Gasteiger partial charge in [0.25, 0.3) is 5.91 Å². The van der Waals surface area contributed by atoms with E-state index in [-0.39, 0.29) is 23.5 Å². The van der Waals surface area contributed by atoms with Gasteiger partial charge in [-0.15, -0.1) is 0 Å². The Bertz CT molecular complexity index is 1610. The molecule has 0 saturated carbocycles. The summed E-state index contributed by atoms with van der Waals surface area (Å²) in [5.41, 5.74) is 5.84. The summed E-state index contributed by atoms with van der Waals surface area (Å²) in [7, 11) is -1.54. The summed E-state index contributed by atoms with van der Waals surface area (Å²) in [5.74, 6) is 0.519. The van der Waals surface area contributed by atoms with Crippen LogP contribution in [0.5, 0.6) is 5.75 Å². The first-order valence-corrected chi connectivity index (χ1v) is 13.6. The molecular formula is C27H28N4O4S. The Morgan fingerprint density at radius 1 is 1.08 bits per heavy atom. The number of anilines is 1. The van der Waals surface area contributed by atoms with Crippen molar-refractivity contribution < 1.29 is 17.9 Å². The van der Waals surface area contributed by atoms with Gasteiger partial charge in [-0.1, -0.05) is 18.2 Å². The lowest BCUT2D eigenvalue weighted by Gasteiger charge is -2.13. The van der Waals surface area contributed by atoms with Gasteiger partial charge in [-0.2, -0.15) is 5.10 Å². The van der Waals surface area contributed by atoms with Crippen molar-refractivity contribution in [3.63, 3.8) is 0 Å². The molecule has 1 unspecified atom stereocenters. The summed E-state index contributed by atoms with van der Waals surface area (Å²) in [4.78, 5) is 18.5. The molecule has 3 heterocycles. The summed E-state index contributed by atoms with van der Waals surface area (Å²) >= 11 is 0. The highest BCUT2D eigenvalue weighted by Gasteiger charge is 2.32. The van der Waals surface area contributed by atoms with Crippen molar-refractivity contribution in [2.45, 2.75) is 33.2 Å². The van der Waals surface area contributed by atoms with Crippen molar-refractivity contribution in [1.82, 2.24) is 14.8 Å². The van der Waals surface area contributed by atoms with Crippen LogP contribution < -0.4 is 10.1 Å². The molecule has 1 N–H and O–H groups in total. The number of benzene rings is 2. The summed E-state index contributed by atoms with van der Waals surface area (Å²) in [6.45, 7) is 5.84. The first-order valence-electron chi connectivity index (χ1n) is 11.8. The van der Waals surface area contributed by atoms with E-state index < -0.39 is 9.84 Å². The van der Waals surface area contributed by atoms with Gasteiger partial charge in [0.15, 0.2) is 15.5 Å². The number of carbonyl (C=O) groups is 1. The van der Waals surface area contributed by atoms with E-state index >= 15 is 0 Å². The molecule has 9 heteroatoms. The number of amides is 1. The number of hydrogen-bond acceptors (Lipinski definition) is 6. The van der Waals surface area contributed by atoms with Crippen LogP contribution in [0.1, 0.15) is 39.6 Å². The van der Waals surface area contributed by atoms with E-state index in [9.17, 15) is 13.2 Å². The molecule has 36 heavy (non-hydrogen) atoms. The maximum atomic E-state index is 13.6. The topological polar surface area (TPSA) is 103 Å². The van der Waals surface area contributed by atoms with Gasteiger partial charge in [0.05, 0.1) is 47.0 Å². The average molecular weight is 505 g/mol. The van der Waals surface area contributed by atoms with E-state index in [0.717, 1.165) is 16.7 Å². The number of fused-ring (bicyclic) bond motifs is 1. The molecule has 186 valence electrons. The third-order valence-electron chi connectivity index (χ3n) is 6.77. The molecule has 2 aromatic heterocycles. The fourth-order valence-electron chi connectivity index (χ4n) is 4.66. The van der Waals surface area contributed by atoms with Crippen LogP contribution in [0.4, 0.5) is 5.69 Å². The van der Waals surface area contributed by atoms with E-state index in [1.807, 2.05) is 63.2 Å². The fraction of sp³-hybridized carbons (Fsp3) is 0.296. The normalized spacial score (nSPS) is 16.8. The molecule has 5 rings (SSSR count). The Kier molecular flexibility index (Phi) is 6.04. The minimum absolute atomic E-state index is 0.0124. The Morgan fingerprint density at radius 2 is 1.89 bits per heavy atom. The number of ether oxygens (including phenoxy) is 1. The summed E-state index contributed by atoms with van der Waals surface area (Å²) < 4.78 is 31.5. The van der Waals surface area contributed by atoms with Gasteiger partial charge in [0.2, 0.25) is 0 Å².